The van der Waals surface area contributed by atoms with Crippen LogP contribution in [0, 0.1) is 10.8 Å². The fraction of sp³-hybridized carbons (Fsp3) is 0.667. The van der Waals surface area contributed by atoms with Crippen LogP contribution in [0.3, 0.4) is 0 Å². The predicted octanol–water partition coefficient (Wildman–Crippen LogP) is 6.09. The lowest BCUT2D eigenvalue weighted by Gasteiger charge is -2.30. The molecule has 278 valence electrons. The highest BCUT2D eigenvalue weighted by Gasteiger charge is 2.29. The zero-order chi connectivity index (χ0) is 37.1. The Hall–Kier alpha value is -1.06. The molecule has 0 aromatic heterocycles. The Morgan fingerprint density at radius 3 is 1.10 bits per heavy atom. The van der Waals surface area contributed by atoms with Gasteiger partial charge in [-0.2, -0.15) is 0 Å². The maximum absolute atomic E-state index is 10.4. The molecular formula is C36H64N2O6S4. The molecule has 48 heavy (non-hydrogen) atoms. The van der Waals surface area contributed by atoms with Crippen LogP contribution in [0.4, 0.5) is 0 Å². The van der Waals surface area contributed by atoms with E-state index in [2.05, 4.69) is 171 Å². The van der Waals surface area contributed by atoms with Crippen LogP contribution >= 0.6 is 0 Å². The maximum atomic E-state index is 10.4. The predicted molar refractivity (Wildman–Crippen MR) is 203 cm³/mol. The van der Waals surface area contributed by atoms with E-state index < -0.39 is 18.1 Å². The van der Waals surface area contributed by atoms with Gasteiger partial charge >= 0.3 is 0 Å². The van der Waals surface area contributed by atoms with E-state index in [4.69, 9.17) is 0 Å². The number of rotatable bonds is 17. The molecule has 4 N–H and O–H groups in total. The first kappa shape index (κ1) is 46.9. The molecular weight excluding hydrogens is 685 g/mol. The Morgan fingerprint density at radius 2 is 0.854 bits per heavy atom. The van der Waals surface area contributed by atoms with Gasteiger partial charge in [0, 0.05) is 24.0 Å². The van der Waals surface area contributed by atoms with Crippen LogP contribution in [0.25, 0.3) is 0 Å². The maximum Gasteiger partial charge on any atom is 0.102 e. The summed E-state index contributed by atoms with van der Waals surface area (Å²) in [5.74, 6) is 0. The molecule has 8 nitrogen and oxygen atoms in total. The van der Waals surface area contributed by atoms with Crippen molar-refractivity contribution in [3.63, 3.8) is 0 Å². The van der Waals surface area contributed by atoms with Gasteiger partial charge in [0.05, 0.1) is 42.4 Å². The lowest BCUT2D eigenvalue weighted by molar-refractivity contribution is -0.737. The van der Waals surface area contributed by atoms with E-state index in [1.54, 1.807) is 0 Å². The van der Waals surface area contributed by atoms with Gasteiger partial charge in [0.2, 0.25) is 0 Å². The minimum absolute atomic E-state index is 0.0476. The van der Waals surface area contributed by atoms with E-state index in [-0.39, 0.29) is 13.2 Å². The minimum Gasteiger partial charge on any atom is -0.748 e. The van der Waals surface area contributed by atoms with Crippen molar-refractivity contribution in [2.45, 2.75) is 132 Å². The van der Waals surface area contributed by atoms with Gasteiger partial charge in [-0.15, -0.1) is 0 Å². The van der Waals surface area contributed by atoms with Gasteiger partial charge in [-0.1, -0.05) is 115 Å². The van der Waals surface area contributed by atoms with Crippen molar-refractivity contribution in [2.75, 3.05) is 13.2 Å². The molecule has 2 aromatic rings. The van der Waals surface area contributed by atoms with Crippen molar-refractivity contribution in [2.24, 2.45) is 10.8 Å². The number of nitrogens with two attached hydrogens (primary N) is 2. The minimum atomic E-state index is -3.78. The smallest absolute Gasteiger partial charge is 0.102 e. The Kier molecular flexibility index (Phi) is 21.5. The van der Waals surface area contributed by atoms with Crippen LogP contribution in [0.5, 0.6) is 0 Å². The number of quaternary nitrogens is 2. The molecule has 2 atom stereocenters. The highest BCUT2D eigenvalue weighted by atomic mass is 32.9. The van der Waals surface area contributed by atoms with E-state index in [1.165, 1.54) is 24.0 Å². The summed E-state index contributed by atoms with van der Waals surface area (Å²) >= 11 is 7.99. The molecule has 2 aromatic carbocycles. The zero-order valence-electron chi connectivity index (χ0n) is 31.1. The van der Waals surface area contributed by atoms with Crippen LogP contribution in [-0.2, 0) is 61.9 Å². The van der Waals surface area contributed by atoms with Gasteiger partial charge in [-0.3, -0.25) is 8.37 Å². The third kappa shape index (κ3) is 32.2. The monoisotopic (exact) mass is 748 g/mol. The lowest BCUT2D eigenvalue weighted by atomic mass is 9.81. The SMILES string of the molecule is CC(C)(C)CC(C)(C)[NH2+]Cc1ccccc1.CC(C)(C)CC(C)(C)[NH2+]Cc1ccccc1.O=S([O-])(=S)OCCCCCCOS(=O)([O-])=S. The average molecular weight is 749 g/mol. The van der Waals surface area contributed by atoms with E-state index in [0.29, 0.717) is 47.6 Å². The number of unbranched alkanes of at least 4 members (excludes halogenated alkanes) is 3. The standard InChI is InChI=1S/2C15H25N.C6H14O6S4/c2*1-14(2,3)12-15(4,5)16-11-13-9-7-6-8-10-13;7-15(8,13)11-5-3-1-2-4-6-12-16(9,10)14/h2*6-10,16H,11-12H2,1-5H3;1-6H2,(H,7,8,13)(H,9,10,14). The summed E-state index contributed by atoms with van der Waals surface area (Å²) in [4.78, 5) is 0. The molecule has 0 spiro atoms. The molecule has 0 radical (unpaired) electrons. The molecule has 0 bridgehead atoms. The first-order chi connectivity index (χ1) is 21.8. The molecule has 0 amide bonds. The quantitative estimate of drug-likeness (QED) is 0.186. The highest BCUT2D eigenvalue weighted by molar-refractivity contribution is 8.27. The fourth-order valence-corrected chi connectivity index (χ4v) is 6.83. The summed E-state index contributed by atoms with van der Waals surface area (Å²) in [6.45, 7) is 25.4. The van der Waals surface area contributed by atoms with Gasteiger partial charge in [-0.05, 0) is 73.7 Å². The Labute approximate surface area is 303 Å². The Balaban J connectivity index is 0.000000690. The van der Waals surface area contributed by atoms with E-state index in [0.717, 1.165) is 13.1 Å². The largest absolute Gasteiger partial charge is 0.748 e. The normalized spacial score (nSPS) is 14.8. The first-order valence-corrected chi connectivity index (χ1v) is 21.4. The number of benzene rings is 2. The van der Waals surface area contributed by atoms with Crippen molar-refractivity contribution in [3.8, 4) is 0 Å². The molecule has 0 saturated heterocycles. The summed E-state index contributed by atoms with van der Waals surface area (Å²) in [5.41, 5.74) is 4.24. The van der Waals surface area contributed by atoms with Crippen molar-refractivity contribution in [1.29, 1.82) is 0 Å². The van der Waals surface area contributed by atoms with Gasteiger partial charge in [0.25, 0.3) is 0 Å². The summed E-state index contributed by atoms with van der Waals surface area (Å²) in [6.07, 6.45) is 4.93. The number of hydrogen-bond acceptors (Lipinski definition) is 8. The molecule has 0 heterocycles. The fourth-order valence-electron chi connectivity index (χ4n) is 5.77. The van der Waals surface area contributed by atoms with Gasteiger partial charge in [-0.25, -0.2) is 8.42 Å². The van der Waals surface area contributed by atoms with Gasteiger partial charge in [0.15, 0.2) is 0 Å². The summed E-state index contributed by atoms with van der Waals surface area (Å²) in [7, 11) is -7.55. The third-order valence-electron chi connectivity index (χ3n) is 6.93. The second-order valence-electron chi connectivity index (χ2n) is 16.1. The molecule has 0 aliphatic carbocycles. The molecule has 2 rings (SSSR count). The summed E-state index contributed by atoms with van der Waals surface area (Å²) in [6, 6.07) is 21.4. The van der Waals surface area contributed by atoms with Gasteiger partial charge in [0.1, 0.15) is 13.1 Å². The molecule has 2 unspecified atom stereocenters. The lowest BCUT2D eigenvalue weighted by Crippen LogP contribution is -2.94. The average Bonchev–Trinajstić information content (AvgIpc) is 2.91. The van der Waals surface area contributed by atoms with Crippen molar-refractivity contribution >= 4 is 40.5 Å². The topological polar surface area (TPSA) is 132 Å². The van der Waals surface area contributed by atoms with E-state index in [1.807, 2.05) is 0 Å². The van der Waals surface area contributed by atoms with Crippen molar-refractivity contribution < 1.29 is 36.5 Å². The van der Waals surface area contributed by atoms with Crippen LogP contribution in [0.2, 0.25) is 0 Å². The van der Waals surface area contributed by atoms with Crippen LogP contribution in [0.1, 0.15) is 119 Å². The molecule has 0 aliphatic heterocycles. The van der Waals surface area contributed by atoms with E-state index in [9.17, 15) is 17.5 Å². The zero-order valence-corrected chi connectivity index (χ0v) is 34.3. The Bertz CT molecular complexity index is 1230. The molecule has 0 saturated carbocycles. The van der Waals surface area contributed by atoms with Gasteiger partial charge < -0.3 is 19.7 Å². The second kappa shape index (κ2) is 22.0. The molecule has 0 aliphatic rings. The van der Waals surface area contributed by atoms with E-state index >= 15 is 0 Å². The van der Waals surface area contributed by atoms with Crippen LogP contribution in [0.15, 0.2) is 60.7 Å². The van der Waals surface area contributed by atoms with Crippen LogP contribution in [-0.4, -0.2) is 41.8 Å². The summed E-state index contributed by atoms with van der Waals surface area (Å²) < 4.78 is 50.2. The van der Waals surface area contributed by atoms with Crippen molar-refractivity contribution in [1.82, 2.24) is 0 Å². The van der Waals surface area contributed by atoms with Crippen LogP contribution < -0.4 is 10.6 Å². The Morgan fingerprint density at radius 1 is 0.562 bits per heavy atom. The third-order valence-corrected chi connectivity index (χ3v) is 8.42. The molecule has 12 heteroatoms. The molecule has 0 fully saturated rings. The first-order valence-electron chi connectivity index (χ1n) is 16.7. The van der Waals surface area contributed by atoms with Crippen molar-refractivity contribution in [3.05, 3.63) is 71.8 Å². The second-order valence-corrected chi connectivity index (χ2v) is 20.7. The summed E-state index contributed by atoms with van der Waals surface area (Å²) in [5, 5.41) is 4.90. The number of hydrogen-bond donors (Lipinski definition) is 2. The highest BCUT2D eigenvalue weighted by Crippen LogP contribution is 2.25.